The Labute approximate surface area is 74.2 Å². The van der Waals surface area contributed by atoms with Crippen LogP contribution in [0.1, 0.15) is 6.92 Å². The second-order valence-corrected chi connectivity index (χ2v) is 3.66. The number of hydrogen-bond donors (Lipinski definition) is 0. The molecule has 1 fully saturated rings. The van der Waals surface area contributed by atoms with Crippen molar-refractivity contribution in [3.8, 4) is 0 Å². The minimum absolute atomic E-state index is 0.0673. The van der Waals surface area contributed by atoms with Crippen LogP contribution in [0.2, 0.25) is 0 Å². The molecule has 1 saturated heterocycles. The first kappa shape index (κ1) is 9.00. The minimum Gasteiger partial charge on any atom is -0.464 e. The topological polar surface area (TPSA) is 35.5 Å². The molecule has 0 amide bonds. The van der Waals surface area contributed by atoms with E-state index in [0.717, 1.165) is 0 Å². The molecule has 0 aliphatic carbocycles. The number of alkyl halides is 1. The molecular weight excluding hydrogens is 212 g/mol. The lowest BCUT2D eigenvalue weighted by atomic mass is 9.90. The second kappa shape index (κ2) is 3.54. The van der Waals surface area contributed by atoms with Crippen molar-refractivity contribution in [1.82, 2.24) is 0 Å². The van der Waals surface area contributed by atoms with Crippen molar-refractivity contribution >= 4 is 21.9 Å². The highest BCUT2D eigenvalue weighted by Gasteiger charge is 2.34. The van der Waals surface area contributed by atoms with E-state index in [0.29, 0.717) is 19.8 Å². The third-order valence-corrected chi connectivity index (χ3v) is 2.05. The summed E-state index contributed by atoms with van der Waals surface area (Å²) in [7, 11) is 0. The Morgan fingerprint density at radius 3 is 2.73 bits per heavy atom. The Balaban J connectivity index is 2.16. The smallest absolute Gasteiger partial charge is 0.316 e. The lowest BCUT2D eigenvalue weighted by Gasteiger charge is -2.37. The van der Waals surface area contributed by atoms with E-state index in [-0.39, 0.29) is 16.7 Å². The van der Waals surface area contributed by atoms with Crippen LogP contribution >= 0.6 is 15.9 Å². The maximum Gasteiger partial charge on any atom is 0.316 e. The average Bonchev–Trinajstić information content (AvgIpc) is 1.96. The van der Waals surface area contributed by atoms with Gasteiger partial charge in [-0.3, -0.25) is 4.79 Å². The van der Waals surface area contributed by atoms with E-state index in [1.54, 1.807) is 0 Å². The monoisotopic (exact) mass is 222 g/mol. The number of rotatable bonds is 3. The molecule has 0 spiro atoms. The molecule has 0 saturated carbocycles. The van der Waals surface area contributed by atoms with E-state index in [4.69, 9.17) is 9.47 Å². The van der Waals surface area contributed by atoms with Gasteiger partial charge in [-0.15, -0.1) is 0 Å². The highest BCUT2D eigenvalue weighted by atomic mass is 79.9. The van der Waals surface area contributed by atoms with Crippen molar-refractivity contribution in [3.63, 3.8) is 0 Å². The van der Waals surface area contributed by atoms with Gasteiger partial charge in [-0.2, -0.15) is 0 Å². The SMILES string of the molecule is CC1(COC(=O)CBr)COC1. The first-order valence-electron chi connectivity index (χ1n) is 3.46. The number of ether oxygens (including phenoxy) is 2. The van der Waals surface area contributed by atoms with Gasteiger partial charge in [-0.25, -0.2) is 0 Å². The fraction of sp³-hybridized carbons (Fsp3) is 0.857. The predicted octanol–water partition coefficient (Wildman–Crippen LogP) is 0.961. The van der Waals surface area contributed by atoms with Crippen molar-refractivity contribution in [1.29, 1.82) is 0 Å². The van der Waals surface area contributed by atoms with Crippen molar-refractivity contribution in [3.05, 3.63) is 0 Å². The molecule has 3 nitrogen and oxygen atoms in total. The standard InChI is InChI=1S/C7H11BrO3/c1-7(3-10-4-7)5-11-6(9)2-8/h2-5H2,1H3. The zero-order valence-electron chi connectivity index (χ0n) is 6.43. The Morgan fingerprint density at radius 2 is 2.36 bits per heavy atom. The summed E-state index contributed by atoms with van der Waals surface area (Å²) in [6.45, 7) is 3.90. The molecular formula is C7H11BrO3. The van der Waals surface area contributed by atoms with Crippen LogP contribution in [-0.2, 0) is 14.3 Å². The lowest BCUT2D eigenvalue weighted by Crippen LogP contribution is -2.44. The maximum atomic E-state index is 10.7. The molecule has 0 N–H and O–H groups in total. The van der Waals surface area contributed by atoms with E-state index in [1.807, 2.05) is 6.92 Å². The van der Waals surface area contributed by atoms with Gasteiger partial charge in [0, 0.05) is 5.41 Å². The molecule has 1 aliphatic heterocycles. The summed E-state index contributed by atoms with van der Waals surface area (Å²) in [5, 5.41) is 0.268. The predicted molar refractivity (Wildman–Crippen MR) is 43.7 cm³/mol. The maximum absolute atomic E-state index is 10.7. The average molecular weight is 223 g/mol. The fourth-order valence-electron chi connectivity index (χ4n) is 0.827. The lowest BCUT2D eigenvalue weighted by molar-refractivity contribution is -0.162. The quantitative estimate of drug-likeness (QED) is 0.528. The summed E-state index contributed by atoms with van der Waals surface area (Å²) in [6, 6.07) is 0. The van der Waals surface area contributed by atoms with Gasteiger partial charge in [0.15, 0.2) is 0 Å². The zero-order valence-corrected chi connectivity index (χ0v) is 8.02. The van der Waals surface area contributed by atoms with Crippen LogP contribution in [0.3, 0.4) is 0 Å². The molecule has 11 heavy (non-hydrogen) atoms. The zero-order chi connectivity index (χ0) is 8.32. The minimum atomic E-state index is -0.210. The van der Waals surface area contributed by atoms with E-state index >= 15 is 0 Å². The van der Waals surface area contributed by atoms with Crippen molar-refractivity contribution in [2.75, 3.05) is 25.2 Å². The number of carbonyl (C=O) groups is 1. The van der Waals surface area contributed by atoms with Crippen molar-refractivity contribution < 1.29 is 14.3 Å². The van der Waals surface area contributed by atoms with Crippen molar-refractivity contribution in [2.45, 2.75) is 6.92 Å². The highest BCUT2D eigenvalue weighted by molar-refractivity contribution is 9.09. The summed E-state index contributed by atoms with van der Waals surface area (Å²) in [5.74, 6) is -0.210. The Hall–Kier alpha value is -0.0900. The number of halogens is 1. The van der Waals surface area contributed by atoms with Crippen LogP contribution in [0, 0.1) is 5.41 Å². The molecule has 64 valence electrons. The van der Waals surface area contributed by atoms with Gasteiger partial charge in [-0.05, 0) is 0 Å². The molecule has 1 rings (SSSR count). The summed E-state index contributed by atoms with van der Waals surface area (Å²) in [5.41, 5.74) is 0.0673. The number of hydrogen-bond acceptors (Lipinski definition) is 3. The molecule has 4 heteroatoms. The van der Waals surface area contributed by atoms with E-state index < -0.39 is 0 Å². The fourth-order valence-corrected chi connectivity index (χ4v) is 0.989. The van der Waals surface area contributed by atoms with Crippen LogP contribution < -0.4 is 0 Å². The summed E-state index contributed by atoms with van der Waals surface area (Å²) < 4.78 is 9.93. The summed E-state index contributed by atoms with van der Waals surface area (Å²) >= 11 is 3.02. The van der Waals surface area contributed by atoms with Gasteiger partial charge in [0.05, 0.1) is 13.2 Å². The van der Waals surface area contributed by atoms with Gasteiger partial charge in [0.25, 0.3) is 0 Å². The van der Waals surface area contributed by atoms with E-state index in [9.17, 15) is 4.79 Å². The molecule has 0 bridgehead atoms. The van der Waals surface area contributed by atoms with Crippen LogP contribution in [0.25, 0.3) is 0 Å². The van der Waals surface area contributed by atoms with Crippen LogP contribution in [-0.4, -0.2) is 31.1 Å². The van der Waals surface area contributed by atoms with Crippen LogP contribution in [0.5, 0.6) is 0 Å². The van der Waals surface area contributed by atoms with Gasteiger partial charge in [0.1, 0.15) is 11.9 Å². The highest BCUT2D eigenvalue weighted by Crippen LogP contribution is 2.26. The molecule has 0 aromatic rings. The molecule has 1 aliphatic rings. The molecule has 0 radical (unpaired) electrons. The number of esters is 1. The largest absolute Gasteiger partial charge is 0.464 e. The molecule has 0 atom stereocenters. The first-order chi connectivity index (χ1) is 5.16. The van der Waals surface area contributed by atoms with E-state index in [1.165, 1.54) is 0 Å². The molecule has 0 aromatic heterocycles. The Kier molecular flexibility index (Phi) is 2.90. The van der Waals surface area contributed by atoms with Crippen molar-refractivity contribution in [2.24, 2.45) is 5.41 Å². The van der Waals surface area contributed by atoms with Gasteiger partial charge in [0.2, 0.25) is 0 Å². The van der Waals surface area contributed by atoms with Crippen LogP contribution in [0.15, 0.2) is 0 Å². The molecule has 0 unspecified atom stereocenters. The first-order valence-corrected chi connectivity index (χ1v) is 4.58. The third kappa shape index (κ3) is 2.45. The normalized spacial score (nSPS) is 20.5. The van der Waals surface area contributed by atoms with Gasteiger partial charge < -0.3 is 9.47 Å². The summed E-state index contributed by atoms with van der Waals surface area (Å²) in [4.78, 5) is 10.7. The summed E-state index contributed by atoms with van der Waals surface area (Å²) in [6.07, 6.45) is 0. The Bertz CT molecular complexity index is 154. The van der Waals surface area contributed by atoms with Gasteiger partial charge >= 0.3 is 5.97 Å². The molecule has 1 heterocycles. The number of carbonyl (C=O) groups excluding carboxylic acids is 1. The third-order valence-electron chi connectivity index (χ3n) is 1.59. The van der Waals surface area contributed by atoms with E-state index in [2.05, 4.69) is 15.9 Å². The molecule has 0 aromatic carbocycles. The van der Waals surface area contributed by atoms with Crippen LogP contribution in [0.4, 0.5) is 0 Å². The second-order valence-electron chi connectivity index (χ2n) is 3.10. The van der Waals surface area contributed by atoms with Gasteiger partial charge in [-0.1, -0.05) is 22.9 Å². The Morgan fingerprint density at radius 1 is 1.73 bits per heavy atom.